The zero-order chi connectivity index (χ0) is 15.9. The van der Waals surface area contributed by atoms with E-state index in [1.54, 1.807) is 48.5 Å². The number of thiocyanates is 1. The first-order valence-corrected chi connectivity index (χ1v) is 7.25. The second-order valence-corrected chi connectivity index (χ2v) is 5.29. The lowest BCUT2D eigenvalue weighted by Gasteiger charge is -2.07. The molecule has 2 aromatic carbocycles. The van der Waals surface area contributed by atoms with Crippen LogP contribution in [0.2, 0.25) is 0 Å². The van der Waals surface area contributed by atoms with Gasteiger partial charge in [-0.25, -0.2) is 0 Å². The fourth-order valence-corrected chi connectivity index (χ4v) is 2.18. The summed E-state index contributed by atoms with van der Waals surface area (Å²) in [6.07, 6.45) is 0. The fourth-order valence-electron chi connectivity index (χ4n) is 1.80. The molecule has 5 nitrogen and oxygen atoms in total. The molecule has 0 bridgehead atoms. The van der Waals surface area contributed by atoms with Crippen molar-refractivity contribution in [2.75, 3.05) is 10.6 Å². The van der Waals surface area contributed by atoms with Gasteiger partial charge in [-0.15, -0.1) is 0 Å². The first-order valence-electron chi connectivity index (χ1n) is 6.43. The van der Waals surface area contributed by atoms with E-state index in [1.807, 2.05) is 5.40 Å². The molecule has 0 radical (unpaired) electrons. The Balaban J connectivity index is 2.08. The van der Waals surface area contributed by atoms with E-state index in [9.17, 15) is 9.59 Å². The summed E-state index contributed by atoms with van der Waals surface area (Å²) in [6, 6.07) is 13.7. The summed E-state index contributed by atoms with van der Waals surface area (Å²) in [6.45, 7) is 1.41. The number of carbonyl (C=O) groups excluding carboxylic acids is 2. The van der Waals surface area contributed by atoms with E-state index in [1.165, 1.54) is 6.92 Å². The Hall–Kier alpha value is -2.78. The maximum Gasteiger partial charge on any atom is 0.255 e. The molecule has 0 unspecified atom stereocenters. The maximum absolute atomic E-state index is 12.2. The number of hydrogen-bond acceptors (Lipinski definition) is 4. The monoisotopic (exact) mass is 311 g/mol. The zero-order valence-electron chi connectivity index (χ0n) is 11.8. The maximum atomic E-state index is 12.2. The fraction of sp³-hybridized carbons (Fsp3) is 0.0625. The van der Waals surface area contributed by atoms with E-state index >= 15 is 0 Å². The second kappa shape index (κ2) is 7.29. The van der Waals surface area contributed by atoms with Crippen molar-refractivity contribution in [2.45, 2.75) is 11.8 Å². The average Bonchev–Trinajstić information content (AvgIpc) is 2.49. The molecule has 0 fully saturated rings. The molecule has 0 atom stereocenters. The third-order valence-electron chi connectivity index (χ3n) is 2.72. The molecule has 0 heterocycles. The van der Waals surface area contributed by atoms with Crippen molar-refractivity contribution in [3.63, 3.8) is 0 Å². The number of anilines is 2. The zero-order valence-corrected chi connectivity index (χ0v) is 12.6. The van der Waals surface area contributed by atoms with Gasteiger partial charge in [-0.05, 0) is 54.2 Å². The van der Waals surface area contributed by atoms with Crippen LogP contribution in [0.1, 0.15) is 17.3 Å². The van der Waals surface area contributed by atoms with Crippen molar-refractivity contribution < 1.29 is 9.59 Å². The summed E-state index contributed by atoms with van der Waals surface area (Å²) in [5.41, 5.74) is 1.65. The van der Waals surface area contributed by atoms with E-state index in [0.29, 0.717) is 16.9 Å². The quantitative estimate of drug-likeness (QED) is 0.669. The standard InChI is InChI=1S/C16H13N3O2S/c1-11(20)18-14-4-2-3-12(9-14)16(21)19-13-5-7-15(8-6-13)22-10-17/h2-9H,1H3,(H,18,20)(H,19,21). The second-order valence-electron chi connectivity index (χ2n) is 4.43. The van der Waals surface area contributed by atoms with Crippen molar-refractivity contribution in [1.82, 2.24) is 0 Å². The van der Waals surface area contributed by atoms with Gasteiger partial charge in [0.25, 0.3) is 5.91 Å². The number of nitrogens with zero attached hydrogens (tertiary/aromatic N) is 1. The molecule has 0 aromatic heterocycles. The SMILES string of the molecule is CC(=O)Nc1cccc(C(=O)Nc2ccc(SC#N)cc2)c1. The Labute approximate surface area is 132 Å². The third-order valence-corrected chi connectivity index (χ3v) is 3.32. The lowest BCUT2D eigenvalue weighted by Crippen LogP contribution is -2.13. The molecule has 0 aliphatic heterocycles. The minimum Gasteiger partial charge on any atom is -0.326 e. The smallest absolute Gasteiger partial charge is 0.255 e. The van der Waals surface area contributed by atoms with Crippen LogP contribution < -0.4 is 10.6 Å². The van der Waals surface area contributed by atoms with Crippen molar-refractivity contribution in [2.24, 2.45) is 0 Å². The summed E-state index contributed by atoms with van der Waals surface area (Å²) in [5, 5.41) is 16.0. The minimum atomic E-state index is -0.270. The molecular weight excluding hydrogens is 298 g/mol. The van der Waals surface area contributed by atoms with E-state index in [4.69, 9.17) is 5.26 Å². The number of nitriles is 1. The molecule has 110 valence electrons. The molecule has 2 aromatic rings. The Morgan fingerprint density at radius 2 is 1.77 bits per heavy atom. The van der Waals surface area contributed by atoms with Crippen molar-refractivity contribution in [1.29, 1.82) is 5.26 Å². The highest BCUT2D eigenvalue weighted by Crippen LogP contribution is 2.20. The topological polar surface area (TPSA) is 82.0 Å². The molecule has 0 spiro atoms. The van der Waals surface area contributed by atoms with E-state index in [2.05, 4.69) is 10.6 Å². The number of rotatable bonds is 4. The molecular formula is C16H13N3O2S. The van der Waals surface area contributed by atoms with E-state index < -0.39 is 0 Å². The van der Waals surface area contributed by atoms with Gasteiger partial charge < -0.3 is 10.6 Å². The van der Waals surface area contributed by atoms with Gasteiger partial charge in [0.2, 0.25) is 5.91 Å². The Morgan fingerprint density at radius 1 is 1.05 bits per heavy atom. The van der Waals surface area contributed by atoms with Gasteiger partial charge >= 0.3 is 0 Å². The van der Waals surface area contributed by atoms with Crippen LogP contribution in [0.25, 0.3) is 0 Å². The molecule has 0 saturated carbocycles. The number of hydrogen-bond donors (Lipinski definition) is 2. The molecule has 2 amide bonds. The summed E-state index contributed by atoms with van der Waals surface area (Å²) < 4.78 is 0. The molecule has 6 heteroatoms. The van der Waals surface area contributed by atoms with Gasteiger partial charge in [-0.2, -0.15) is 5.26 Å². The number of thioether (sulfide) groups is 1. The van der Waals surface area contributed by atoms with Crippen LogP contribution >= 0.6 is 11.8 Å². The number of carbonyl (C=O) groups is 2. The predicted octanol–water partition coefficient (Wildman–Crippen LogP) is 3.47. The van der Waals surface area contributed by atoms with Gasteiger partial charge in [-0.3, -0.25) is 9.59 Å². The van der Waals surface area contributed by atoms with Crippen LogP contribution in [0.4, 0.5) is 11.4 Å². The first-order chi connectivity index (χ1) is 10.6. The summed E-state index contributed by atoms with van der Waals surface area (Å²) >= 11 is 1.06. The van der Waals surface area contributed by atoms with Crippen LogP contribution in [0.5, 0.6) is 0 Å². The van der Waals surface area contributed by atoms with Gasteiger partial charge in [0.05, 0.1) is 0 Å². The Kier molecular flexibility index (Phi) is 5.17. The lowest BCUT2D eigenvalue weighted by molar-refractivity contribution is -0.114. The third kappa shape index (κ3) is 4.36. The molecule has 0 saturated heterocycles. The van der Waals surface area contributed by atoms with Crippen LogP contribution in [-0.4, -0.2) is 11.8 Å². The van der Waals surface area contributed by atoms with Crippen molar-refractivity contribution in [3.8, 4) is 5.40 Å². The highest BCUT2D eigenvalue weighted by Gasteiger charge is 2.07. The largest absolute Gasteiger partial charge is 0.326 e. The van der Waals surface area contributed by atoms with Crippen LogP contribution in [0, 0.1) is 10.7 Å². The highest BCUT2D eigenvalue weighted by molar-refractivity contribution is 8.03. The summed E-state index contributed by atoms with van der Waals surface area (Å²) in [5.74, 6) is -0.462. The van der Waals surface area contributed by atoms with Crippen molar-refractivity contribution >= 4 is 35.0 Å². The number of benzene rings is 2. The first kappa shape index (κ1) is 15.6. The summed E-state index contributed by atoms with van der Waals surface area (Å²) in [7, 11) is 0. The highest BCUT2D eigenvalue weighted by atomic mass is 32.2. The Morgan fingerprint density at radius 3 is 2.41 bits per heavy atom. The van der Waals surface area contributed by atoms with Crippen LogP contribution in [0.15, 0.2) is 53.4 Å². The van der Waals surface area contributed by atoms with E-state index in [0.717, 1.165) is 16.7 Å². The lowest BCUT2D eigenvalue weighted by atomic mass is 10.2. The number of amides is 2. The van der Waals surface area contributed by atoms with Crippen LogP contribution in [0.3, 0.4) is 0 Å². The minimum absolute atomic E-state index is 0.192. The van der Waals surface area contributed by atoms with E-state index in [-0.39, 0.29) is 11.8 Å². The van der Waals surface area contributed by atoms with Gasteiger partial charge in [-0.1, -0.05) is 6.07 Å². The van der Waals surface area contributed by atoms with Gasteiger partial charge in [0.1, 0.15) is 5.40 Å². The van der Waals surface area contributed by atoms with Crippen molar-refractivity contribution in [3.05, 3.63) is 54.1 Å². The summed E-state index contributed by atoms with van der Waals surface area (Å²) in [4.78, 5) is 24.0. The molecule has 22 heavy (non-hydrogen) atoms. The molecule has 0 aliphatic carbocycles. The van der Waals surface area contributed by atoms with Crippen LogP contribution in [-0.2, 0) is 4.79 Å². The molecule has 2 N–H and O–H groups in total. The number of nitrogens with one attached hydrogen (secondary N) is 2. The predicted molar refractivity (Wildman–Crippen MR) is 86.6 cm³/mol. The normalized spacial score (nSPS) is 9.64. The Bertz CT molecular complexity index is 736. The molecule has 2 rings (SSSR count). The van der Waals surface area contributed by atoms with Gasteiger partial charge in [0, 0.05) is 28.8 Å². The molecule has 0 aliphatic rings. The van der Waals surface area contributed by atoms with Gasteiger partial charge in [0.15, 0.2) is 0 Å². The average molecular weight is 311 g/mol.